The van der Waals surface area contributed by atoms with Crippen LogP contribution in [0.2, 0.25) is 0 Å². The lowest BCUT2D eigenvalue weighted by Gasteiger charge is -2.32. The van der Waals surface area contributed by atoms with Crippen LogP contribution in [0.15, 0.2) is 66.7 Å². The Balaban J connectivity index is 2.36. The lowest BCUT2D eigenvalue weighted by molar-refractivity contribution is 0.557. The number of hydrogen-bond acceptors (Lipinski definition) is 0. The van der Waals surface area contributed by atoms with Gasteiger partial charge in [0, 0.05) is 0 Å². The highest BCUT2D eigenvalue weighted by molar-refractivity contribution is 5.86. The van der Waals surface area contributed by atoms with E-state index in [9.17, 15) is 0 Å². The van der Waals surface area contributed by atoms with Crippen LogP contribution in [0.3, 0.4) is 0 Å². The highest BCUT2D eigenvalue weighted by Gasteiger charge is 2.28. The molecule has 0 radical (unpaired) electrons. The fraction of sp³-hybridized carbons (Fsp3) is 0.357. The molecule has 0 aromatic heterocycles. The van der Waals surface area contributed by atoms with E-state index < -0.39 is 0 Å². The van der Waals surface area contributed by atoms with Crippen LogP contribution in [0.4, 0.5) is 0 Å². The molecule has 0 atom stereocenters. The molecule has 0 heteroatoms. The van der Waals surface area contributed by atoms with Gasteiger partial charge in [-0.05, 0) is 56.2 Å². The zero-order valence-corrected chi connectivity index (χ0v) is 18.6. The van der Waals surface area contributed by atoms with Gasteiger partial charge in [-0.15, -0.1) is 0 Å². The van der Waals surface area contributed by atoms with Crippen molar-refractivity contribution in [2.45, 2.75) is 65.7 Å². The first kappa shape index (κ1) is 20.4. The van der Waals surface area contributed by atoms with Crippen molar-refractivity contribution in [1.29, 1.82) is 0 Å². The molecule has 3 aromatic carbocycles. The molecule has 0 unspecified atom stereocenters. The Labute approximate surface area is 171 Å². The predicted octanol–water partition coefficient (Wildman–Crippen LogP) is 8.18. The van der Waals surface area contributed by atoms with Crippen molar-refractivity contribution in [3.05, 3.63) is 83.4 Å². The molecule has 0 bridgehead atoms. The second-order valence-electron chi connectivity index (χ2n) is 9.78. The maximum Gasteiger partial charge on any atom is -0.0102 e. The molecule has 0 aliphatic rings. The van der Waals surface area contributed by atoms with Gasteiger partial charge in [0.25, 0.3) is 0 Å². The maximum absolute atomic E-state index is 2.37. The minimum absolute atomic E-state index is 0.0751. The second kappa shape index (κ2) is 7.59. The number of benzene rings is 3. The number of rotatable bonds is 3. The van der Waals surface area contributed by atoms with Crippen molar-refractivity contribution in [1.82, 2.24) is 0 Å². The van der Waals surface area contributed by atoms with Crippen molar-refractivity contribution in [3.63, 3.8) is 0 Å². The Morgan fingerprint density at radius 2 is 1.14 bits per heavy atom. The minimum atomic E-state index is 0.0751. The Morgan fingerprint density at radius 1 is 0.571 bits per heavy atom. The summed E-state index contributed by atoms with van der Waals surface area (Å²) in [5.41, 5.74) is 9.97. The molecule has 0 fully saturated rings. The first-order valence-corrected chi connectivity index (χ1v) is 10.5. The van der Waals surface area contributed by atoms with Gasteiger partial charge >= 0.3 is 0 Å². The molecule has 0 aliphatic carbocycles. The Morgan fingerprint density at radius 3 is 1.68 bits per heavy atom. The van der Waals surface area contributed by atoms with Gasteiger partial charge in [-0.1, -0.05) is 115 Å². The van der Waals surface area contributed by atoms with Gasteiger partial charge in [0.2, 0.25) is 0 Å². The molecule has 0 nitrogen and oxygen atoms in total. The van der Waals surface area contributed by atoms with Crippen LogP contribution in [0.5, 0.6) is 0 Å². The molecule has 0 N–H and O–H groups in total. The normalized spacial score (nSPS) is 12.2. The summed E-state index contributed by atoms with van der Waals surface area (Å²) in [5, 5.41) is 0. The highest BCUT2D eigenvalue weighted by atomic mass is 14.3. The van der Waals surface area contributed by atoms with Gasteiger partial charge in [0.15, 0.2) is 0 Å². The van der Waals surface area contributed by atoms with E-state index in [1.54, 1.807) is 0 Å². The Hall–Kier alpha value is -2.34. The SMILES string of the molecule is CCc1c(C(C)(C)C)ccc(-c2ccccc2-c2ccccc2)c1C(C)(C)C. The average molecular weight is 371 g/mol. The summed E-state index contributed by atoms with van der Waals surface area (Å²) >= 11 is 0. The van der Waals surface area contributed by atoms with Crippen LogP contribution in [-0.2, 0) is 17.3 Å². The van der Waals surface area contributed by atoms with Crippen LogP contribution in [0.25, 0.3) is 22.3 Å². The molecule has 0 amide bonds. The highest BCUT2D eigenvalue weighted by Crippen LogP contribution is 2.43. The van der Waals surface area contributed by atoms with Crippen molar-refractivity contribution < 1.29 is 0 Å². The monoisotopic (exact) mass is 370 g/mol. The molecule has 146 valence electrons. The molecular formula is C28H34. The first-order chi connectivity index (χ1) is 13.1. The van der Waals surface area contributed by atoms with Gasteiger partial charge in [-0.2, -0.15) is 0 Å². The fourth-order valence-electron chi connectivity index (χ4n) is 4.39. The van der Waals surface area contributed by atoms with Crippen molar-refractivity contribution in [2.24, 2.45) is 0 Å². The third kappa shape index (κ3) is 3.92. The number of hydrogen-bond donors (Lipinski definition) is 0. The summed E-state index contributed by atoms with van der Waals surface area (Å²) in [4.78, 5) is 0. The molecule has 0 aliphatic heterocycles. The predicted molar refractivity (Wildman–Crippen MR) is 124 cm³/mol. The Bertz CT molecular complexity index is 948. The summed E-state index contributed by atoms with van der Waals surface area (Å²) < 4.78 is 0. The third-order valence-corrected chi connectivity index (χ3v) is 5.53. The lowest BCUT2D eigenvalue weighted by Crippen LogP contribution is -2.22. The standard InChI is InChI=1S/C28H34/c1-8-21-25(27(2,3)4)19-18-24(26(21)28(5,6)7)23-17-13-12-16-22(23)20-14-10-9-11-15-20/h9-19H,8H2,1-7H3. The molecular weight excluding hydrogens is 336 g/mol. The second-order valence-corrected chi connectivity index (χ2v) is 9.78. The van der Waals surface area contributed by atoms with E-state index in [-0.39, 0.29) is 10.8 Å². The topological polar surface area (TPSA) is 0 Å². The third-order valence-electron chi connectivity index (χ3n) is 5.53. The van der Waals surface area contributed by atoms with E-state index in [0.717, 1.165) is 6.42 Å². The van der Waals surface area contributed by atoms with Gasteiger partial charge in [-0.3, -0.25) is 0 Å². The fourth-order valence-corrected chi connectivity index (χ4v) is 4.39. The average Bonchev–Trinajstić information content (AvgIpc) is 2.66. The summed E-state index contributed by atoms with van der Waals surface area (Å²) in [5.74, 6) is 0. The van der Waals surface area contributed by atoms with Crippen LogP contribution in [0, 0.1) is 0 Å². The van der Waals surface area contributed by atoms with Gasteiger partial charge in [0.05, 0.1) is 0 Å². The Kier molecular flexibility index (Phi) is 5.53. The molecule has 0 spiro atoms. The largest absolute Gasteiger partial charge is 0.0622 e. The van der Waals surface area contributed by atoms with E-state index in [0.29, 0.717) is 0 Å². The molecule has 3 aromatic rings. The smallest absolute Gasteiger partial charge is 0.0102 e. The molecule has 0 saturated heterocycles. The molecule has 3 rings (SSSR count). The first-order valence-electron chi connectivity index (χ1n) is 10.5. The maximum atomic E-state index is 2.37. The summed E-state index contributed by atoms with van der Waals surface area (Å²) in [6.45, 7) is 16.3. The van der Waals surface area contributed by atoms with Crippen LogP contribution >= 0.6 is 0 Å². The summed E-state index contributed by atoms with van der Waals surface area (Å²) in [6, 6.07) is 24.3. The quantitative estimate of drug-likeness (QED) is 0.436. The van der Waals surface area contributed by atoms with Crippen molar-refractivity contribution in [2.75, 3.05) is 0 Å². The zero-order chi connectivity index (χ0) is 20.5. The van der Waals surface area contributed by atoms with E-state index in [1.165, 1.54) is 38.9 Å². The van der Waals surface area contributed by atoms with Gasteiger partial charge < -0.3 is 0 Å². The minimum Gasteiger partial charge on any atom is -0.0622 e. The van der Waals surface area contributed by atoms with Crippen LogP contribution in [-0.4, -0.2) is 0 Å². The lowest BCUT2D eigenvalue weighted by atomic mass is 9.72. The van der Waals surface area contributed by atoms with Gasteiger partial charge in [0.1, 0.15) is 0 Å². The zero-order valence-electron chi connectivity index (χ0n) is 18.6. The van der Waals surface area contributed by atoms with Crippen LogP contribution in [0.1, 0.15) is 65.2 Å². The van der Waals surface area contributed by atoms with Crippen LogP contribution < -0.4 is 0 Å². The van der Waals surface area contributed by atoms with E-state index in [2.05, 4.69) is 115 Å². The van der Waals surface area contributed by atoms with Crippen molar-refractivity contribution in [3.8, 4) is 22.3 Å². The van der Waals surface area contributed by atoms with Crippen molar-refractivity contribution >= 4 is 0 Å². The van der Waals surface area contributed by atoms with E-state index in [4.69, 9.17) is 0 Å². The molecule has 0 saturated carbocycles. The molecule has 0 heterocycles. The summed E-state index contributed by atoms with van der Waals surface area (Å²) in [7, 11) is 0. The van der Waals surface area contributed by atoms with E-state index >= 15 is 0 Å². The molecule has 28 heavy (non-hydrogen) atoms. The van der Waals surface area contributed by atoms with E-state index in [1.807, 2.05) is 0 Å². The summed E-state index contributed by atoms with van der Waals surface area (Å²) in [6.07, 6.45) is 1.06. The van der Waals surface area contributed by atoms with Gasteiger partial charge in [-0.25, -0.2) is 0 Å².